The largest absolute Gasteiger partial charge is 0.455 e. The standard InChI is InChI=1S/C16H9ClF2N2O3/c17-9-1-4-14-20-11(6-15(22)21(14)7-9)8-24-16(23)12-3-2-10(18)5-13(12)19/h1-7H,8H2. The van der Waals surface area contributed by atoms with Crippen molar-refractivity contribution in [1.29, 1.82) is 0 Å². The van der Waals surface area contributed by atoms with Gasteiger partial charge in [-0.15, -0.1) is 0 Å². The third-order valence-corrected chi connectivity index (χ3v) is 3.40. The number of halogens is 3. The molecule has 0 spiro atoms. The van der Waals surface area contributed by atoms with Crippen LogP contribution in [0.5, 0.6) is 0 Å². The molecule has 0 atom stereocenters. The fourth-order valence-electron chi connectivity index (χ4n) is 2.07. The van der Waals surface area contributed by atoms with Crippen molar-refractivity contribution in [3.05, 3.63) is 80.9 Å². The Morgan fingerprint density at radius 2 is 2.00 bits per heavy atom. The molecule has 3 rings (SSSR count). The Labute approximate surface area is 139 Å². The molecule has 0 saturated heterocycles. The number of esters is 1. The molecule has 24 heavy (non-hydrogen) atoms. The summed E-state index contributed by atoms with van der Waals surface area (Å²) in [6.07, 6.45) is 1.41. The van der Waals surface area contributed by atoms with E-state index in [0.717, 1.165) is 12.1 Å². The minimum Gasteiger partial charge on any atom is -0.455 e. The van der Waals surface area contributed by atoms with Gasteiger partial charge in [0.05, 0.1) is 16.3 Å². The average Bonchev–Trinajstić information content (AvgIpc) is 2.53. The van der Waals surface area contributed by atoms with Gasteiger partial charge < -0.3 is 4.74 Å². The molecule has 0 N–H and O–H groups in total. The number of hydrogen-bond donors (Lipinski definition) is 0. The van der Waals surface area contributed by atoms with Crippen molar-refractivity contribution in [2.45, 2.75) is 6.61 Å². The Balaban J connectivity index is 1.81. The van der Waals surface area contributed by atoms with Crippen molar-refractivity contribution in [1.82, 2.24) is 9.38 Å². The molecule has 2 heterocycles. The summed E-state index contributed by atoms with van der Waals surface area (Å²) in [4.78, 5) is 28.0. The highest BCUT2D eigenvalue weighted by Crippen LogP contribution is 2.12. The first-order chi connectivity index (χ1) is 11.4. The molecule has 0 radical (unpaired) electrons. The number of hydrogen-bond acceptors (Lipinski definition) is 4. The van der Waals surface area contributed by atoms with Gasteiger partial charge in [0.2, 0.25) is 0 Å². The predicted octanol–water partition coefficient (Wildman–Crippen LogP) is 2.98. The van der Waals surface area contributed by atoms with Crippen LogP contribution in [-0.4, -0.2) is 15.4 Å². The van der Waals surface area contributed by atoms with Crippen molar-refractivity contribution in [2.75, 3.05) is 0 Å². The third kappa shape index (κ3) is 3.26. The van der Waals surface area contributed by atoms with Crippen LogP contribution in [0.15, 0.2) is 47.4 Å². The maximum atomic E-state index is 13.5. The number of aromatic nitrogens is 2. The maximum absolute atomic E-state index is 13.5. The summed E-state index contributed by atoms with van der Waals surface area (Å²) in [6.45, 7) is -0.329. The van der Waals surface area contributed by atoms with Crippen molar-refractivity contribution in [3.8, 4) is 0 Å². The Hall–Kier alpha value is -2.80. The van der Waals surface area contributed by atoms with Gasteiger partial charge in [-0.05, 0) is 24.3 Å². The molecule has 0 saturated carbocycles. The number of carbonyl (C=O) groups is 1. The van der Waals surface area contributed by atoms with Crippen molar-refractivity contribution in [2.24, 2.45) is 0 Å². The van der Waals surface area contributed by atoms with Gasteiger partial charge in [0.25, 0.3) is 5.56 Å². The molecule has 3 aromatic rings. The van der Waals surface area contributed by atoms with Crippen LogP contribution >= 0.6 is 11.6 Å². The highest BCUT2D eigenvalue weighted by molar-refractivity contribution is 6.30. The zero-order valence-electron chi connectivity index (χ0n) is 12.0. The van der Waals surface area contributed by atoms with E-state index in [2.05, 4.69) is 4.98 Å². The first kappa shape index (κ1) is 16.1. The summed E-state index contributed by atoms with van der Waals surface area (Å²) in [6, 6.07) is 6.79. The van der Waals surface area contributed by atoms with Crippen LogP contribution in [-0.2, 0) is 11.3 Å². The number of rotatable bonds is 3. The maximum Gasteiger partial charge on any atom is 0.341 e. The first-order valence-electron chi connectivity index (χ1n) is 6.74. The van der Waals surface area contributed by atoms with Gasteiger partial charge in [-0.2, -0.15) is 0 Å². The number of fused-ring (bicyclic) bond motifs is 1. The smallest absolute Gasteiger partial charge is 0.341 e. The quantitative estimate of drug-likeness (QED) is 0.681. The summed E-state index contributed by atoms with van der Waals surface area (Å²) in [5.41, 5.74) is -0.286. The molecule has 5 nitrogen and oxygen atoms in total. The van der Waals surface area contributed by atoms with E-state index < -0.39 is 28.7 Å². The van der Waals surface area contributed by atoms with E-state index in [0.29, 0.717) is 16.7 Å². The van der Waals surface area contributed by atoms with E-state index >= 15 is 0 Å². The van der Waals surface area contributed by atoms with Crippen LogP contribution in [0.4, 0.5) is 8.78 Å². The summed E-state index contributed by atoms with van der Waals surface area (Å²) in [5.74, 6) is -2.81. The Bertz CT molecular complexity index is 1000. The van der Waals surface area contributed by atoms with E-state index in [1.807, 2.05) is 0 Å². The number of benzene rings is 1. The van der Waals surface area contributed by atoms with Gasteiger partial charge >= 0.3 is 5.97 Å². The van der Waals surface area contributed by atoms with Gasteiger partial charge in [0.1, 0.15) is 23.9 Å². The summed E-state index contributed by atoms with van der Waals surface area (Å²) in [7, 11) is 0. The van der Waals surface area contributed by atoms with Crippen molar-refractivity contribution >= 4 is 23.2 Å². The van der Waals surface area contributed by atoms with Gasteiger partial charge in [0, 0.05) is 18.3 Å². The van der Waals surface area contributed by atoms with Crippen LogP contribution < -0.4 is 5.56 Å². The zero-order chi connectivity index (χ0) is 17.3. The second-order valence-electron chi connectivity index (χ2n) is 4.86. The second-order valence-corrected chi connectivity index (χ2v) is 5.30. The monoisotopic (exact) mass is 350 g/mol. The Morgan fingerprint density at radius 3 is 2.75 bits per heavy atom. The fraction of sp³-hybridized carbons (Fsp3) is 0.0625. The van der Waals surface area contributed by atoms with Gasteiger partial charge in [-0.1, -0.05) is 11.6 Å². The molecule has 0 aliphatic carbocycles. The van der Waals surface area contributed by atoms with Crippen LogP contribution in [0.2, 0.25) is 5.02 Å². The van der Waals surface area contributed by atoms with Crippen LogP contribution in [0.1, 0.15) is 16.1 Å². The van der Waals surface area contributed by atoms with Crippen molar-refractivity contribution < 1.29 is 18.3 Å². The SMILES string of the molecule is O=C(OCc1cc(=O)n2cc(Cl)ccc2n1)c1ccc(F)cc1F. The Morgan fingerprint density at radius 1 is 1.21 bits per heavy atom. The molecule has 0 unspecified atom stereocenters. The van der Waals surface area contributed by atoms with Gasteiger partial charge in [-0.25, -0.2) is 18.6 Å². The lowest BCUT2D eigenvalue weighted by Crippen LogP contribution is -2.17. The molecule has 1 aromatic carbocycles. The molecule has 0 amide bonds. The second kappa shape index (κ2) is 6.37. The van der Waals surface area contributed by atoms with Crippen LogP contribution in [0.25, 0.3) is 5.65 Å². The predicted molar refractivity (Wildman–Crippen MR) is 81.9 cm³/mol. The molecule has 0 aliphatic heterocycles. The van der Waals surface area contributed by atoms with Crippen LogP contribution in [0.3, 0.4) is 0 Å². The lowest BCUT2D eigenvalue weighted by atomic mass is 10.2. The van der Waals surface area contributed by atoms with E-state index in [4.69, 9.17) is 16.3 Å². The number of nitrogens with zero attached hydrogens (tertiary/aromatic N) is 2. The number of pyridine rings is 1. The first-order valence-corrected chi connectivity index (χ1v) is 7.12. The van der Waals surface area contributed by atoms with E-state index in [-0.39, 0.29) is 12.3 Å². The highest BCUT2D eigenvalue weighted by Gasteiger charge is 2.14. The molecule has 0 bridgehead atoms. The normalized spacial score (nSPS) is 10.8. The lowest BCUT2D eigenvalue weighted by Gasteiger charge is -2.07. The summed E-state index contributed by atoms with van der Waals surface area (Å²) < 4.78 is 32.5. The molecule has 0 aliphatic rings. The molecule has 2 aromatic heterocycles. The molecular formula is C16H9ClF2N2O3. The number of carbonyl (C=O) groups excluding carboxylic acids is 1. The molecule has 0 fully saturated rings. The number of ether oxygens (including phenoxy) is 1. The Kier molecular flexibility index (Phi) is 4.26. The topological polar surface area (TPSA) is 60.7 Å². The average molecular weight is 351 g/mol. The van der Waals surface area contributed by atoms with Crippen molar-refractivity contribution in [3.63, 3.8) is 0 Å². The van der Waals surface area contributed by atoms with E-state index in [9.17, 15) is 18.4 Å². The summed E-state index contributed by atoms with van der Waals surface area (Å²) >= 11 is 5.81. The zero-order valence-corrected chi connectivity index (χ0v) is 12.8. The summed E-state index contributed by atoms with van der Waals surface area (Å²) in [5, 5.41) is 0.373. The van der Waals surface area contributed by atoms with E-state index in [1.165, 1.54) is 22.7 Å². The minimum atomic E-state index is -1.03. The molecule has 122 valence electrons. The van der Waals surface area contributed by atoms with Crippen LogP contribution in [0, 0.1) is 11.6 Å². The molecular weight excluding hydrogens is 342 g/mol. The highest BCUT2D eigenvalue weighted by atomic mass is 35.5. The van der Waals surface area contributed by atoms with Gasteiger partial charge in [0.15, 0.2) is 0 Å². The van der Waals surface area contributed by atoms with Gasteiger partial charge in [-0.3, -0.25) is 9.20 Å². The fourth-order valence-corrected chi connectivity index (χ4v) is 2.23. The lowest BCUT2D eigenvalue weighted by molar-refractivity contribution is 0.0462. The minimum absolute atomic E-state index is 0.193. The molecule has 8 heteroatoms. The van der Waals surface area contributed by atoms with E-state index in [1.54, 1.807) is 6.07 Å². The third-order valence-electron chi connectivity index (χ3n) is 3.18.